The maximum atomic E-state index is 12.3. The first-order valence-electron chi connectivity index (χ1n) is 7.04. The molecule has 0 aliphatic rings. The highest BCUT2D eigenvalue weighted by atomic mass is 19.4. The number of nitrogens with two attached hydrogens (primary N) is 1. The Labute approximate surface area is 104 Å². The second kappa shape index (κ2) is 5.05. The minimum Gasteiger partial charge on any atom is -0.468 e. The molecule has 0 aromatic heterocycles. The molecule has 2 N–H and O–H groups in total. The number of esters is 1. The van der Waals surface area contributed by atoms with E-state index in [1.807, 2.05) is 0 Å². The van der Waals surface area contributed by atoms with Crippen molar-refractivity contribution in [3.05, 3.63) is 29.7 Å². The topological polar surface area (TPSA) is 61.6 Å². The number of hydrogen-bond donors (Lipinski definition) is 1. The van der Waals surface area contributed by atoms with Crippen LogP contribution in [0.5, 0.6) is 5.75 Å². The first-order chi connectivity index (χ1) is 10.4. The minimum absolute atomic E-state index is 0.848. The summed E-state index contributed by atoms with van der Waals surface area (Å²) in [5.74, 6) is -2.86. The Hall–Kier alpha value is -1.76. The van der Waals surface area contributed by atoms with Crippen LogP contribution in [0.1, 0.15) is 18.4 Å². The lowest BCUT2D eigenvalue weighted by atomic mass is 10.1. The molecule has 1 aromatic carbocycles. The van der Waals surface area contributed by atoms with E-state index < -0.39 is 53.8 Å². The van der Waals surface area contributed by atoms with Crippen LogP contribution in [0.3, 0.4) is 0 Å². The third-order valence-corrected chi connectivity index (χ3v) is 1.46. The molecule has 4 nitrogen and oxygen atoms in total. The van der Waals surface area contributed by atoms with Crippen LogP contribution in [0, 0.1) is 0 Å². The number of carbonyl (C=O) groups is 1. The molecular formula is C10H10F3NO3. The molecule has 17 heavy (non-hydrogen) atoms. The first-order valence-corrected chi connectivity index (χ1v) is 4.04. The molecule has 0 aliphatic heterocycles. The van der Waals surface area contributed by atoms with Gasteiger partial charge in [0.25, 0.3) is 0 Å². The molecule has 0 heterocycles. The van der Waals surface area contributed by atoms with Gasteiger partial charge in [0, 0.05) is 0 Å². The summed E-state index contributed by atoms with van der Waals surface area (Å²) in [7, 11) is 0.848. The van der Waals surface area contributed by atoms with Crippen molar-refractivity contribution < 1.29 is 35.7 Å². The summed E-state index contributed by atoms with van der Waals surface area (Å²) in [4.78, 5) is 11.6. The van der Waals surface area contributed by atoms with Gasteiger partial charge in [0.1, 0.15) is 13.2 Å². The second-order valence-corrected chi connectivity index (χ2v) is 2.62. The molecular weight excluding hydrogens is 239 g/mol. The third-order valence-electron chi connectivity index (χ3n) is 1.46. The van der Waals surface area contributed by atoms with E-state index in [1.165, 1.54) is 5.73 Å². The van der Waals surface area contributed by atoms with Gasteiger partial charge >= 0.3 is 12.3 Å². The molecule has 0 radical (unpaired) electrons. The third kappa shape index (κ3) is 3.95. The van der Waals surface area contributed by atoms with Crippen molar-refractivity contribution in [1.29, 1.82) is 0 Å². The smallest absolute Gasteiger partial charge is 0.468 e. The second-order valence-electron chi connectivity index (χ2n) is 2.62. The van der Waals surface area contributed by atoms with Gasteiger partial charge in [-0.2, -0.15) is 0 Å². The van der Waals surface area contributed by atoms with Gasteiger partial charge in [0.15, 0.2) is 0 Å². The summed E-state index contributed by atoms with van der Waals surface area (Å²) >= 11 is 0. The van der Waals surface area contributed by atoms with Crippen molar-refractivity contribution in [3.63, 3.8) is 0 Å². The Morgan fingerprint density at radius 3 is 2.53 bits per heavy atom. The lowest BCUT2D eigenvalue weighted by molar-refractivity contribution is -0.274. The van der Waals surface area contributed by atoms with Gasteiger partial charge in [-0.25, -0.2) is 0 Å². The lowest BCUT2D eigenvalue weighted by Gasteiger charge is -2.11. The molecule has 0 fully saturated rings. The minimum atomic E-state index is -5.26. The molecule has 1 rings (SSSR count). The molecule has 1 unspecified atom stereocenters. The predicted octanol–water partition coefficient (Wildman–Crippen LogP) is 1.76. The maximum absolute atomic E-state index is 12.3. The van der Waals surface area contributed by atoms with Crippen molar-refractivity contribution >= 4 is 5.97 Å². The van der Waals surface area contributed by atoms with E-state index in [0.29, 0.717) is 0 Å². The van der Waals surface area contributed by atoms with E-state index in [-0.39, 0.29) is 0 Å². The predicted molar refractivity (Wildman–Crippen MR) is 52.1 cm³/mol. The van der Waals surface area contributed by atoms with Gasteiger partial charge in [0.2, 0.25) is 0 Å². The Balaban J connectivity index is 3.70. The average Bonchev–Trinajstić information content (AvgIpc) is 2.47. The molecule has 0 aliphatic carbocycles. The Kier molecular flexibility index (Phi) is 2.03. The first kappa shape index (κ1) is 6.85. The summed E-state index contributed by atoms with van der Waals surface area (Å²) in [6.07, 6.45) is -5.26. The number of benzene rings is 1. The molecule has 0 amide bonds. The van der Waals surface area contributed by atoms with Crippen LogP contribution < -0.4 is 10.5 Å². The number of rotatable bonds is 4. The van der Waals surface area contributed by atoms with Gasteiger partial charge in [-0.1, -0.05) is 12.1 Å². The zero-order chi connectivity index (χ0) is 18.2. The largest absolute Gasteiger partial charge is 0.573 e. The van der Waals surface area contributed by atoms with Gasteiger partial charge < -0.3 is 15.2 Å². The molecule has 7 heteroatoms. The summed E-state index contributed by atoms with van der Waals surface area (Å²) in [6.45, 7) is 0. The van der Waals surface area contributed by atoms with Crippen LogP contribution >= 0.6 is 0 Å². The van der Waals surface area contributed by atoms with E-state index in [1.54, 1.807) is 0 Å². The SMILES string of the molecule is [2H]NC([2H])(C(=O)OC)c1c([2H])c([2H])c(OC(F)(F)F)c([2H])c1[2H]. The number of ether oxygens (including phenoxy) is 2. The summed E-state index contributed by atoms with van der Waals surface area (Å²) in [5, 5.41) is 0. The fraction of sp³-hybridized carbons (Fsp3) is 0.300. The summed E-state index contributed by atoms with van der Waals surface area (Å²) < 4.78 is 89.5. The molecule has 1 aromatic rings. The van der Waals surface area contributed by atoms with Crippen molar-refractivity contribution in [2.45, 2.75) is 12.4 Å². The van der Waals surface area contributed by atoms with Crippen molar-refractivity contribution in [1.82, 2.24) is 0 Å². The van der Waals surface area contributed by atoms with Crippen molar-refractivity contribution in [2.75, 3.05) is 7.11 Å². The van der Waals surface area contributed by atoms with Crippen LogP contribution in [0.25, 0.3) is 0 Å². The zero-order valence-electron chi connectivity index (χ0n) is 14.4. The molecule has 1 atom stereocenters. The molecule has 0 saturated heterocycles. The highest BCUT2D eigenvalue weighted by molar-refractivity contribution is 5.77. The van der Waals surface area contributed by atoms with Crippen LogP contribution in [-0.2, 0) is 9.53 Å². The highest BCUT2D eigenvalue weighted by Crippen LogP contribution is 2.24. The van der Waals surface area contributed by atoms with Gasteiger partial charge in [-0.3, -0.25) is 4.79 Å². The fourth-order valence-corrected chi connectivity index (χ4v) is 0.797. The number of carbonyl (C=O) groups excluding carboxylic acids is 1. The maximum Gasteiger partial charge on any atom is 0.573 e. The van der Waals surface area contributed by atoms with E-state index in [2.05, 4.69) is 9.47 Å². The molecule has 0 bridgehead atoms. The fourth-order valence-electron chi connectivity index (χ4n) is 0.797. The number of hydrogen-bond acceptors (Lipinski definition) is 4. The molecule has 0 spiro atoms. The summed E-state index contributed by atoms with van der Waals surface area (Å²) in [6, 6.07) is -7.68. The van der Waals surface area contributed by atoms with E-state index in [4.69, 9.17) is 8.27 Å². The lowest BCUT2D eigenvalue weighted by Crippen LogP contribution is -2.22. The standard InChI is InChI=1S/C10H10F3NO3/c1-16-9(15)8(14)6-2-4-7(5-3-6)17-10(11,12)13/h2-5,8H,14H2,1H3/i2D,3D,4D,5D,8D/hD. The van der Waals surface area contributed by atoms with E-state index >= 15 is 0 Å². The number of alkyl halides is 3. The van der Waals surface area contributed by atoms with E-state index in [0.717, 1.165) is 7.11 Å². The van der Waals surface area contributed by atoms with Gasteiger partial charge in [-0.05, 0) is 17.6 Å². The number of halogens is 3. The Bertz CT molecular complexity index is 612. The van der Waals surface area contributed by atoms with Crippen LogP contribution in [0.15, 0.2) is 24.2 Å². The van der Waals surface area contributed by atoms with E-state index in [9.17, 15) is 18.0 Å². The Morgan fingerprint density at radius 2 is 2.12 bits per heavy atom. The van der Waals surface area contributed by atoms with Gasteiger partial charge in [0.05, 0.1) is 14.0 Å². The van der Waals surface area contributed by atoms with Crippen molar-refractivity contribution in [2.24, 2.45) is 5.73 Å². The van der Waals surface area contributed by atoms with Crippen LogP contribution in [0.2, 0.25) is 1.41 Å². The highest BCUT2D eigenvalue weighted by Gasteiger charge is 2.31. The average molecular weight is 255 g/mol. The van der Waals surface area contributed by atoms with Crippen LogP contribution in [-0.4, -0.2) is 19.4 Å². The normalized spacial score (nSPS) is 19.8. The quantitative estimate of drug-likeness (QED) is 0.833. The Morgan fingerprint density at radius 1 is 1.53 bits per heavy atom. The monoisotopic (exact) mass is 255 g/mol. The summed E-state index contributed by atoms with van der Waals surface area (Å²) in [5.41, 5.74) is 0.453. The molecule has 94 valence electrons. The zero-order valence-corrected chi connectivity index (χ0v) is 8.36. The molecule has 0 saturated carbocycles. The van der Waals surface area contributed by atoms with Crippen LogP contribution in [0.4, 0.5) is 13.2 Å². The van der Waals surface area contributed by atoms with Crippen molar-refractivity contribution in [3.8, 4) is 5.75 Å². The van der Waals surface area contributed by atoms with Gasteiger partial charge in [-0.15, -0.1) is 13.2 Å². The number of methoxy groups -OCH3 is 1.